The van der Waals surface area contributed by atoms with Crippen LogP contribution in [0.25, 0.3) is 0 Å². The number of nitrogens with zero attached hydrogens (tertiary/aromatic N) is 1. The Hall–Kier alpha value is -2.41. The van der Waals surface area contributed by atoms with Crippen molar-refractivity contribution in [2.45, 2.75) is 26.8 Å². The standard InChI is InChI=1S/C18H21FN2O3S/c1-12-6-5-7-13(2)17(12)20-18(22)14(3)21(25(4,23)24)16-10-8-15(19)9-11-16/h5-11,14H,1-4H3,(H,20,22). The number of rotatable bonds is 5. The summed E-state index contributed by atoms with van der Waals surface area (Å²) in [4.78, 5) is 12.7. The van der Waals surface area contributed by atoms with Crippen LogP contribution in [0.3, 0.4) is 0 Å². The molecule has 0 aliphatic rings. The van der Waals surface area contributed by atoms with Crippen molar-refractivity contribution in [2.24, 2.45) is 0 Å². The molecule has 2 aromatic rings. The molecule has 25 heavy (non-hydrogen) atoms. The molecule has 0 aliphatic heterocycles. The Morgan fingerprint density at radius 2 is 1.60 bits per heavy atom. The maximum atomic E-state index is 13.1. The zero-order valence-electron chi connectivity index (χ0n) is 14.6. The first kappa shape index (κ1) is 18.9. The number of carbonyl (C=O) groups is 1. The largest absolute Gasteiger partial charge is 0.324 e. The topological polar surface area (TPSA) is 66.5 Å². The minimum Gasteiger partial charge on any atom is -0.324 e. The van der Waals surface area contributed by atoms with Gasteiger partial charge in [0.15, 0.2) is 0 Å². The lowest BCUT2D eigenvalue weighted by molar-refractivity contribution is -0.116. The Balaban J connectivity index is 2.35. The minimum atomic E-state index is -3.74. The van der Waals surface area contributed by atoms with Crippen molar-refractivity contribution in [1.82, 2.24) is 0 Å². The summed E-state index contributed by atoms with van der Waals surface area (Å²) in [6.45, 7) is 5.22. The Labute approximate surface area is 147 Å². The third-order valence-electron chi connectivity index (χ3n) is 3.90. The van der Waals surface area contributed by atoms with Gasteiger partial charge in [-0.05, 0) is 56.2 Å². The molecule has 0 bridgehead atoms. The number of hydrogen-bond donors (Lipinski definition) is 1. The molecule has 0 heterocycles. The molecular formula is C18H21FN2O3S. The van der Waals surface area contributed by atoms with E-state index >= 15 is 0 Å². The number of nitrogens with one attached hydrogen (secondary N) is 1. The first-order chi connectivity index (χ1) is 11.6. The molecule has 0 aliphatic carbocycles. The minimum absolute atomic E-state index is 0.230. The van der Waals surface area contributed by atoms with Crippen LogP contribution in [0.15, 0.2) is 42.5 Å². The third-order valence-corrected chi connectivity index (χ3v) is 5.14. The van der Waals surface area contributed by atoms with Crippen molar-refractivity contribution in [3.05, 3.63) is 59.4 Å². The molecular weight excluding hydrogens is 343 g/mol. The lowest BCUT2D eigenvalue weighted by atomic mass is 10.1. The molecule has 1 N–H and O–H groups in total. The van der Waals surface area contributed by atoms with Crippen molar-refractivity contribution >= 4 is 27.3 Å². The van der Waals surface area contributed by atoms with Gasteiger partial charge in [0.25, 0.3) is 0 Å². The monoisotopic (exact) mass is 364 g/mol. The lowest BCUT2D eigenvalue weighted by Gasteiger charge is -2.28. The summed E-state index contributed by atoms with van der Waals surface area (Å²) in [5, 5.41) is 2.79. The van der Waals surface area contributed by atoms with Gasteiger partial charge >= 0.3 is 0 Å². The molecule has 2 aromatic carbocycles. The zero-order valence-corrected chi connectivity index (χ0v) is 15.4. The van der Waals surface area contributed by atoms with E-state index < -0.39 is 27.8 Å². The van der Waals surface area contributed by atoms with Crippen LogP contribution in [0.5, 0.6) is 0 Å². The van der Waals surface area contributed by atoms with E-state index in [-0.39, 0.29) is 5.69 Å². The lowest BCUT2D eigenvalue weighted by Crippen LogP contribution is -2.45. The van der Waals surface area contributed by atoms with Gasteiger partial charge < -0.3 is 5.32 Å². The number of carbonyl (C=O) groups excluding carboxylic acids is 1. The Kier molecular flexibility index (Phi) is 5.47. The molecule has 0 spiro atoms. The van der Waals surface area contributed by atoms with Crippen molar-refractivity contribution in [3.8, 4) is 0 Å². The van der Waals surface area contributed by atoms with Gasteiger partial charge in [0.2, 0.25) is 15.9 Å². The quantitative estimate of drug-likeness (QED) is 0.886. The zero-order chi connectivity index (χ0) is 18.8. The highest BCUT2D eigenvalue weighted by molar-refractivity contribution is 7.92. The van der Waals surface area contributed by atoms with Crippen LogP contribution in [-0.2, 0) is 14.8 Å². The highest BCUT2D eigenvalue weighted by atomic mass is 32.2. The molecule has 7 heteroatoms. The number of para-hydroxylation sites is 1. The molecule has 0 aromatic heterocycles. The molecule has 0 radical (unpaired) electrons. The molecule has 0 fully saturated rings. The van der Waals surface area contributed by atoms with E-state index in [1.165, 1.54) is 19.1 Å². The van der Waals surface area contributed by atoms with Gasteiger partial charge in [0.05, 0.1) is 11.9 Å². The number of sulfonamides is 1. The van der Waals surface area contributed by atoms with Gasteiger partial charge in [-0.3, -0.25) is 9.10 Å². The Bertz CT molecular complexity index is 859. The number of anilines is 2. The first-order valence-corrected chi connectivity index (χ1v) is 9.58. The van der Waals surface area contributed by atoms with E-state index in [1.807, 2.05) is 32.0 Å². The normalized spacial score (nSPS) is 12.5. The highest BCUT2D eigenvalue weighted by Gasteiger charge is 2.29. The van der Waals surface area contributed by atoms with E-state index in [4.69, 9.17) is 0 Å². The van der Waals surface area contributed by atoms with Crippen molar-refractivity contribution in [2.75, 3.05) is 15.9 Å². The second kappa shape index (κ2) is 7.23. The fraction of sp³-hybridized carbons (Fsp3) is 0.278. The molecule has 5 nitrogen and oxygen atoms in total. The summed E-state index contributed by atoms with van der Waals surface area (Å²) in [6, 6.07) is 9.58. The number of amides is 1. The van der Waals surface area contributed by atoms with Crippen molar-refractivity contribution < 1.29 is 17.6 Å². The second-order valence-electron chi connectivity index (χ2n) is 5.97. The van der Waals surface area contributed by atoms with Gasteiger partial charge in [0.1, 0.15) is 11.9 Å². The van der Waals surface area contributed by atoms with Crippen LogP contribution < -0.4 is 9.62 Å². The van der Waals surface area contributed by atoms with Gasteiger partial charge in [-0.15, -0.1) is 0 Å². The fourth-order valence-electron chi connectivity index (χ4n) is 2.64. The van der Waals surface area contributed by atoms with Crippen molar-refractivity contribution in [3.63, 3.8) is 0 Å². The number of aryl methyl sites for hydroxylation is 2. The summed E-state index contributed by atoms with van der Waals surface area (Å²) in [5.41, 5.74) is 2.65. The van der Waals surface area contributed by atoms with Gasteiger partial charge in [0, 0.05) is 5.69 Å². The molecule has 134 valence electrons. The van der Waals surface area contributed by atoms with Crippen LogP contribution in [-0.4, -0.2) is 26.6 Å². The first-order valence-electron chi connectivity index (χ1n) is 7.73. The van der Waals surface area contributed by atoms with E-state index in [1.54, 1.807) is 0 Å². The van der Waals surface area contributed by atoms with Crippen LogP contribution in [0.4, 0.5) is 15.8 Å². The summed E-state index contributed by atoms with van der Waals surface area (Å²) >= 11 is 0. The Morgan fingerprint density at radius 3 is 2.08 bits per heavy atom. The molecule has 1 atom stereocenters. The summed E-state index contributed by atoms with van der Waals surface area (Å²) in [5.74, 6) is -0.947. The second-order valence-corrected chi connectivity index (χ2v) is 7.83. The molecule has 1 unspecified atom stereocenters. The van der Waals surface area contributed by atoms with Crippen LogP contribution in [0.1, 0.15) is 18.1 Å². The van der Waals surface area contributed by atoms with Crippen molar-refractivity contribution in [1.29, 1.82) is 0 Å². The number of benzene rings is 2. The summed E-state index contributed by atoms with van der Waals surface area (Å²) < 4.78 is 38.5. The maximum absolute atomic E-state index is 13.1. The van der Waals surface area contributed by atoms with E-state index in [9.17, 15) is 17.6 Å². The molecule has 0 saturated carbocycles. The van der Waals surface area contributed by atoms with E-state index in [0.717, 1.165) is 33.8 Å². The van der Waals surface area contributed by atoms with E-state index in [2.05, 4.69) is 5.32 Å². The van der Waals surface area contributed by atoms with Crippen LogP contribution >= 0.6 is 0 Å². The summed E-state index contributed by atoms with van der Waals surface area (Å²) in [7, 11) is -3.74. The van der Waals surface area contributed by atoms with Gasteiger partial charge in [-0.1, -0.05) is 18.2 Å². The van der Waals surface area contributed by atoms with Gasteiger partial charge in [-0.25, -0.2) is 12.8 Å². The van der Waals surface area contributed by atoms with E-state index in [0.29, 0.717) is 5.69 Å². The Morgan fingerprint density at radius 1 is 1.08 bits per heavy atom. The number of hydrogen-bond acceptors (Lipinski definition) is 3. The fourth-order valence-corrected chi connectivity index (χ4v) is 3.81. The summed E-state index contributed by atoms with van der Waals surface area (Å²) in [6.07, 6.45) is 1.01. The highest BCUT2D eigenvalue weighted by Crippen LogP contribution is 2.24. The van der Waals surface area contributed by atoms with Crippen LogP contribution in [0.2, 0.25) is 0 Å². The molecule has 1 amide bonds. The average Bonchev–Trinajstić information content (AvgIpc) is 2.51. The third kappa shape index (κ3) is 4.36. The predicted molar refractivity (Wildman–Crippen MR) is 97.7 cm³/mol. The molecule has 0 saturated heterocycles. The molecule has 2 rings (SSSR count). The van der Waals surface area contributed by atoms with Crippen LogP contribution in [0, 0.1) is 19.7 Å². The maximum Gasteiger partial charge on any atom is 0.248 e. The van der Waals surface area contributed by atoms with Gasteiger partial charge in [-0.2, -0.15) is 0 Å². The smallest absolute Gasteiger partial charge is 0.248 e. The number of halogens is 1. The SMILES string of the molecule is Cc1cccc(C)c1NC(=O)C(C)N(c1ccc(F)cc1)S(C)(=O)=O. The predicted octanol–water partition coefficient (Wildman–Crippen LogP) is 3.24. The average molecular weight is 364 g/mol.